The molecule has 1 atom stereocenters. The fraction of sp³-hybridized carbons (Fsp3) is 0.438. The van der Waals surface area contributed by atoms with Crippen LogP contribution in [0.3, 0.4) is 0 Å². The van der Waals surface area contributed by atoms with Crippen molar-refractivity contribution in [1.29, 1.82) is 0 Å². The molecule has 2 aromatic rings. The highest BCUT2D eigenvalue weighted by Crippen LogP contribution is 2.34. The van der Waals surface area contributed by atoms with Crippen molar-refractivity contribution in [2.75, 3.05) is 13.7 Å². The summed E-state index contributed by atoms with van der Waals surface area (Å²) in [6.45, 7) is 6.83. The van der Waals surface area contributed by atoms with Crippen LogP contribution in [0.1, 0.15) is 43.6 Å². The summed E-state index contributed by atoms with van der Waals surface area (Å²) in [7, 11) is 1.65. The van der Waals surface area contributed by atoms with Crippen molar-refractivity contribution in [1.82, 2.24) is 10.2 Å². The number of hydrogen-bond donors (Lipinski definition) is 2. The SMILES string of the molecule is COc1ccc(Cl)cc1C(CN)c1cc(C(C)(C)C)n[nH]1. The van der Waals surface area contributed by atoms with E-state index in [2.05, 4.69) is 37.0 Å². The molecular weight excluding hydrogens is 286 g/mol. The highest BCUT2D eigenvalue weighted by molar-refractivity contribution is 6.30. The fourth-order valence-electron chi connectivity index (χ4n) is 2.30. The molecular formula is C16H22ClN3O. The maximum absolute atomic E-state index is 6.12. The molecule has 0 radical (unpaired) electrons. The third kappa shape index (κ3) is 3.39. The minimum Gasteiger partial charge on any atom is -0.496 e. The molecule has 21 heavy (non-hydrogen) atoms. The molecule has 0 aliphatic heterocycles. The van der Waals surface area contributed by atoms with Crippen molar-refractivity contribution < 1.29 is 4.74 Å². The van der Waals surface area contributed by atoms with E-state index in [0.29, 0.717) is 11.6 Å². The molecule has 0 amide bonds. The van der Waals surface area contributed by atoms with E-state index in [9.17, 15) is 0 Å². The molecule has 1 heterocycles. The number of nitrogens with zero attached hydrogens (tertiary/aromatic N) is 1. The van der Waals surface area contributed by atoms with Crippen LogP contribution in [0, 0.1) is 0 Å². The summed E-state index contributed by atoms with van der Waals surface area (Å²) < 4.78 is 5.43. The molecule has 0 aliphatic carbocycles. The first-order valence-corrected chi connectivity index (χ1v) is 7.34. The Labute approximate surface area is 130 Å². The molecule has 1 aromatic heterocycles. The summed E-state index contributed by atoms with van der Waals surface area (Å²) in [5.41, 5.74) is 8.93. The quantitative estimate of drug-likeness (QED) is 0.909. The molecule has 0 saturated carbocycles. The Kier molecular flexibility index (Phi) is 4.59. The number of H-pyrrole nitrogens is 1. The molecule has 1 unspecified atom stereocenters. The number of aromatic amines is 1. The van der Waals surface area contributed by atoms with Gasteiger partial charge in [0.25, 0.3) is 0 Å². The lowest BCUT2D eigenvalue weighted by atomic mass is 9.89. The summed E-state index contributed by atoms with van der Waals surface area (Å²) in [5, 5.41) is 8.18. The first-order chi connectivity index (χ1) is 9.86. The van der Waals surface area contributed by atoms with Crippen LogP contribution < -0.4 is 10.5 Å². The Hall–Kier alpha value is -1.52. The number of hydrogen-bond acceptors (Lipinski definition) is 3. The van der Waals surface area contributed by atoms with Gasteiger partial charge in [0, 0.05) is 34.2 Å². The van der Waals surface area contributed by atoms with Crippen LogP contribution in [0.25, 0.3) is 0 Å². The molecule has 5 heteroatoms. The van der Waals surface area contributed by atoms with E-state index in [-0.39, 0.29) is 11.3 Å². The van der Waals surface area contributed by atoms with Crippen LogP contribution in [0.15, 0.2) is 24.3 Å². The van der Waals surface area contributed by atoms with Gasteiger partial charge in [-0.25, -0.2) is 0 Å². The maximum atomic E-state index is 6.12. The van der Waals surface area contributed by atoms with E-state index >= 15 is 0 Å². The number of halogens is 1. The van der Waals surface area contributed by atoms with Gasteiger partial charge >= 0.3 is 0 Å². The minimum atomic E-state index is -0.0257. The third-order valence-electron chi connectivity index (χ3n) is 3.54. The van der Waals surface area contributed by atoms with Crippen LogP contribution in [0.4, 0.5) is 0 Å². The standard InChI is InChI=1S/C16H22ClN3O/c1-16(2,3)15-8-13(19-20-15)12(9-18)11-7-10(17)5-6-14(11)21-4/h5-8,12H,9,18H2,1-4H3,(H,19,20). The van der Waals surface area contributed by atoms with Crippen molar-refractivity contribution in [2.45, 2.75) is 32.1 Å². The maximum Gasteiger partial charge on any atom is 0.122 e. The van der Waals surface area contributed by atoms with E-state index in [1.807, 2.05) is 18.2 Å². The number of methoxy groups -OCH3 is 1. The Morgan fingerprint density at radius 3 is 2.57 bits per heavy atom. The van der Waals surface area contributed by atoms with Crippen molar-refractivity contribution in [2.24, 2.45) is 5.73 Å². The Balaban J connectivity index is 2.45. The molecule has 2 rings (SSSR count). The van der Waals surface area contributed by atoms with E-state index < -0.39 is 0 Å². The second-order valence-electron chi connectivity index (χ2n) is 6.13. The molecule has 3 N–H and O–H groups in total. The van der Waals surface area contributed by atoms with Gasteiger partial charge in [0.05, 0.1) is 12.8 Å². The van der Waals surface area contributed by atoms with Gasteiger partial charge in [-0.3, -0.25) is 5.10 Å². The fourth-order valence-corrected chi connectivity index (χ4v) is 2.48. The van der Waals surface area contributed by atoms with E-state index in [0.717, 1.165) is 22.7 Å². The smallest absolute Gasteiger partial charge is 0.122 e. The monoisotopic (exact) mass is 307 g/mol. The molecule has 114 valence electrons. The molecule has 0 spiro atoms. The zero-order chi connectivity index (χ0) is 15.6. The van der Waals surface area contributed by atoms with Gasteiger partial charge in [-0.2, -0.15) is 5.10 Å². The lowest BCUT2D eigenvalue weighted by Crippen LogP contribution is -2.15. The van der Waals surface area contributed by atoms with Crippen molar-refractivity contribution in [3.8, 4) is 5.75 Å². The molecule has 0 aliphatic rings. The summed E-state index contributed by atoms with van der Waals surface area (Å²) in [5.74, 6) is 0.754. The second-order valence-corrected chi connectivity index (χ2v) is 6.57. The van der Waals surface area contributed by atoms with E-state index in [1.165, 1.54) is 0 Å². The molecule has 1 aromatic carbocycles. The Morgan fingerprint density at radius 1 is 1.33 bits per heavy atom. The van der Waals surface area contributed by atoms with Crippen molar-refractivity contribution in [3.63, 3.8) is 0 Å². The highest BCUT2D eigenvalue weighted by Gasteiger charge is 2.23. The average Bonchev–Trinajstić information content (AvgIpc) is 2.89. The zero-order valence-electron chi connectivity index (χ0n) is 12.9. The lowest BCUT2D eigenvalue weighted by Gasteiger charge is -2.17. The van der Waals surface area contributed by atoms with E-state index in [4.69, 9.17) is 22.1 Å². The Bertz CT molecular complexity index is 616. The van der Waals surface area contributed by atoms with E-state index in [1.54, 1.807) is 7.11 Å². The number of nitrogens with two attached hydrogens (primary N) is 1. The summed E-state index contributed by atoms with van der Waals surface area (Å²) in [4.78, 5) is 0. The van der Waals surface area contributed by atoms with Gasteiger partial charge in [-0.05, 0) is 24.3 Å². The molecule has 0 saturated heterocycles. The van der Waals surface area contributed by atoms with Crippen LogP contribution in [-0.4, -0.2) is 23.9 Å². The molecule has 4 nitrogen and oxygen atoms in total. The zero-order valence-corrected chi connectivity index (χ0v) is 13.7. The summed E-state index contributed by atoms with van der Waals surface area (Å²) in [6, 6.07) is 7.64. The first-order valence-electron chi connectivity index (χ1n) is 6.96. The van der Waals surface area contributed by atoms with Gasteiger partial charge in [0.2, 0.25) is 0 Å². The van der Waals surface area contributed by atoms with Gasteiger partial charge in [0.1, 0.15) is 5.75 Å². The predicted molar refractivity (Wildman–Crippen MR) is 86.2 cm³/mol. The summed E-state index contributed by atoms with van der Waals surface area (Å²) in [6.07, 6.45) is 0. The molecule has 0 bridgehead atoms. The topological polar surface area (TPSA) is 63.9 Å². The number of aromatic nitrogens is 2. The number of benzene rings is 1. The van der Waals surface area contributed by atoms with Crippen LogP contribution in [-0.2, 0) is 5.41 Å². The van der Waals surface area contributed by atoms with Crippen molar-refractivity contribution >= 4 is 11.6 Å². The largest absolute Gasteiger partial charge is 0.496 e. The van der Waals surface area contributed by atoms with Crippen molar-refractivity contribution in [3.05, 3.63) is 46.2 Å². The summed E-state index contributed by atoms with van der Waals surface area (Å²) >= 11 is 6.12. The van der Waals surface area contributed by atoms with Crippen LogP contribution >= 0.6 is 11.6 Å². The van der Waals surface area contributed by atoms with Crippen LogP contribution in [0.2, 0.25) is 5.02 Å². The second kappa shape index (κ2) is 6.08. The van der Waals surface area contributed by atoms with Crippen LogP contribution in [0.5, 0.6) is 5.75 Å². The van der Waals surface area contributed by atoms with Gasteiger partial charge in [0.15, 0.2) is 0 Å². The number of nitrogens with one attached hydrogen (secondary N) is 1. The predicted octanol–water partition coefficient (Wildman–Crippen LogP) is 3.46. The van der Waals surface area contributed by atoms with Gasteiger partial charge < -0.3 is 10.5 Å². The normalized spacial score (nSPS) is 13.2. The highest BCUT2D eigenvalue weighted by atomic mass is 35.5. The average molecular weight is 308 g/mol. The first kappa shape index (κ1) is 15.9. The third-order valence-corrected chi connectivity index (χ3v) is 3.78. The van der Waals surface area contributed by atoms with Gasteiger partial charge in [-0.1, -0.05) is 32.4 Å². The number of rotatable bonds is 4. The van der Waals surface area contributed by atoms with Gasteiger partial charge in [-0.15, -0.1) is 0 Å². The lowest BCUT2D eigenvalue weighted by molar-refractivity contribution is 0.407. The minimum absolute atomic E-state index is 0.00762. The molecule has 0 fully saturated rings. The number of ether oxygens (including phenoxy) is 1. The Morgan fingerprint density at radius 2 is 2.05 bits per heavy atom.